The third-order valence-corrected chi connectivity index (χ3v) is 5.60. The van der Waals surface area contributed by atoms with Crippen molar-refractivity contribution in [3.8, 4) is 34.3 Å². The van der Waals surface area contributed by atoms with Gasteiger partial charge in [-0.3, -0.25) is 0 Å². The Bertz CT molecular complexity index is 1420. The van der Waals surface area contributed by atoms with E-state index in [1.165, 1.54) is 6.20 Å². The molecule has 5 heteroatoms. The number of hydrogen-bond donors (Lipinski definition) is 0. The number of nitrogens with zero attached hydrogens (tertiary/aromatic N) is 2. The molecular weight excluding hydrogens is 420 g/mol. The van der Waals surface area contributed by atoms with Crippen LogP contribution < -0.4 is 4.74 Å². The highest BCUT2D eigenvalue weighted by atomic mass is 35.5. The van der Waals surface area contributed by atoms with Crippen LogP contribution in [0.15, 0.2) is 95.5 Å². The molecular formula is C27H17ClN2O2. The lowest BCUT2D eigenvalue weighted by molar-refractivity contribution is 0.306. The Morgan fingerprint density at radius 1 is 0.875 bits per heavy atom. The van der Waals surface area contributed by atoms with Gasteiger partial charge >= 0.3 is 0 Å². The van der Waals surface area contributed by atoms with Gasteiger partial charge in [-0.2, -0.15) is 5.26 Å². The minimum absolute atomic E-state index is 0.313. The fraction of sp³-hybridized carbons (Fsp3) is 0.0370. The van der Waals surface area contributed by atoms with Crippen LogP contribution in [0.1, 0.15) is 11.1 Å². The van der Waals surface area contributed by atoms with Gasteiger partial charge < -0.3 is 9.15 Å². The summed E-state index contributed by atoms with van der Waals surface area (Å²) in [5, 5.41) is 10.4. The van der Waals surface area contributed by atoms with Gasteiger partial charge in [0.25, 0.3) is 0 Å². The van der Waals surface area contributed by atoms with Crippen molar-refractivity contribution in [3.63, 3.8) is 0 Å². The lowest BCUT2D eigenvalue weighted by Gasteiger charge is -2.08. The normalized spacial score (nSPS) is 10.8. The highest BCUT2D eigenvalue weighted by Crippen LogP contribution is 2.43. The highest BCUT2D eigenvalue weighted by molar-refractivity contribution is 6.37. The Morgan fingerprint density at radius 3 is 2.25 bits per heavy atom. The number of rotatable bonds is 5. The molecule has 2 aromatic heterocycles. The average Bonchev–Trinajstić information content (AvgIpc) is 3.25. The Kier molecular flexibility index (Phi) is 5.33. The molecule has 5 aromatic rings. The molecule has 0 spiro atoms. The quantitative estimate of drug-likeness (QED) is 0.290. The lowest BCUT2D eigenvalue weighted by Crippen LogP contribution is -1.94. The molecule has 5 rings (SSSR count). The first kappa shape index (κ1) is 19.9. The molecule has 3 aromatic carbocycles. The second kappa shape index (κ2) is 8.58. The molecule has 0 unspecified atom stereocenters. The summed E-state index contributed by atoms with van der Waals surface area (Å²) in [6.07, 6.45) is 1.44. The van der Waals surface area contributed by atoms with Crippen LogP contribution in [-0.2, 0) is 6.61 Å². The molecule has 0 aliphatic rings. The summed E-state index contributed by atoms with van der Waals surface area (Å²) in [6, 6.07) is 29.7. The van der Waals surface area contributed by atoms with Crippen molar-refractivity contribution in [2.45, 2.75) is 6.61 Å². The molecule has 0 radical (unpaired) electrons. The molecule has 4 nitrogen and oxygen atoms in total. The van der Waals surface area contributed by atoms with E-state index in [9.17, 15) is 5.26 Å². The second-order valence-electron chi connectivity index (χ2n) is 7.25. The van der Waals surface area contributed by atoms with Gasteiger partial charge in [0.1, 0.15) is 24.2 Å². The largest absolute Gasteiger partial charge is 0.489 e. The summed E-state index contributed by atoms with van der Waals surface area (Å²) in [5.74, 6) is 1.41. The van der Waals surface area contributed by atoms with Gasteiger partial charge in [0.2, 0.25) is 5.71 Å². The zero-order chi connectivity index (χ0) is 21.9. The zero-order valence-electron chi connectivity index (χ0n) is 17.0. The third-order valence-electron chi connectivity index (χ3n) is 5.20. The molecule has 0 aliphatic heterocycles. The van der Waals surface area contributed by atoms with E-state index in [0.29, 0.717) is 34.1 Å². The van der Waals surface area contributed by atoms with Gasteiger partial charge in [0.15, 0.2) is 0 Å². The van der Waals surface area contributed by atoms with Crippen LogP contribution in [-0.4, -0.2) is 4.98 Å². The van der Waals surface area contributed by atoms with E-state index in [0.717, 1.165) is 28.0 Å². The van der Waals surface area contributed by atoms with Gasteiger partial charge in [-0.15, -0.1) is 0 Å². The van der Waals surface area contributed by atoms with Gasteiger partial charge in [-0.05, 0) is 35.4 Å². The number of nitriles is 1. The zero-order valence-corrected chi connectivity index (χ0v) is 17.7. The number of hydrogen-bond acceptors (Lipinski definition) is 4. The SMILES string of the molecule is N#Cc1cnc2oc(-c3ccc(OCc4ccccc4)cc3)c(-c3ccccc3)c2c1Cl. The Labute approximate surface area is 190 Å². The van der Waals surface area contributed by atoms with E-state index in [-0.39, 0.29) is 0 Å². The van der Waals surface area contributed by atoms with E-state index in [1.807, 2.05) is 84.9 Å². The topological polar surface area (TPSA) is 59.0 Å². The van der Waals surface area contributed by atoms with Crippen molar-refractivity contribution in [1.29, 1.82) is 5.26 Å². The van der Waals surface area contributed by atoms with Crippen LogP contribution in [0.3, 0.4) is 0 Å². The van der Waals surface area contributed by atoms with Crippen molar-refractivity contribution in [2.24, 2.45) is 0 Å². The molecule has 0 atom stereocenters. The van der Waals surface area contributed by atoms with Crippen LogP contribution in [0, 0.1) is 11.3 Å². The van der Waals surface area contributed by atoms with Crippen molar-refractivity contribution in [2.75, 3.05) is 0 Å². The number of aromatic nitrogens is 1. The van der Waals surface area contributed by atoms with E-state index in [4.69, 9.17) is 20.8 Å². The first-order valence-corrected chi connectivity index (χ1v) is 10.5. The minimum Gasteiger partial charge on any atom is -0.489 e. The summed E-state index contributed by atoms with van der Waals surface area (Å²) >= 11 is 6.58. The molecule has 32 heavy (non-hydrogen) atoms. The summed E-state index contributed by atoms with van der Waals surface area (Å²) in [7, 11) is 0. The van der Waals surface area contributed by atoms with Gasteiger partial charge in [-0.1, -0.05) is 72.3 Å². The molecule has 2 heterocycles. The fourth-order valence-corrected chi connectivity index (χ4v) is 3.90. The van der Waals surface area contributed by atoms with E-state index < -0.39 is 0 Å². The number of benzene rings is 3. The monoisotopic (exact) mass is 436 g/mol. The summed E-state index contributed by atoms with van der Waals surface area (Å²) in [4.78, 5) is 4.33. The third kappa shape index (κ3) is 3.71. The molecule has 0 saturated carbocycles. The molecule has 0 saturated heterocycles. The molecule has 0 aliphatic carbocycles. The number of furan rings is 1. The van der Waals surface area contributed by atoms with Crippen LogP contribution in [0.2, 0.25) is 5.02 Å². The summed E-state index contributed by atoms with van der Waals surface area (Å²) < 4.78 is 12.0. The number of fused-ring (bicyclic) bond motifs is 1. The summed E-state index contributed by atoms with van der Waals surface area (Å²) in [5.41, 5.74) is 4.43. The maximum Gasteiger partial charge on any atom is 0.228 e. The van der Waals surface area contributed by atoms with Crippen molar-refractivity contribution in [3.05, 3.63) is 107 Å². The maximum atomic E-state index is 9.41. The van der Waals surface area contributed by atoms with E-state index in [2.05, 4.69) is 11.1 Å². The van der Waals surface area contributed by atoms with Gasteiger partial charge in [-0.25, -0.2) is 4.98 Å². The maximum absolute atomic E-state index is 9.41. The van der Waals surface area contributed by atoms with E-state index >= 15 is 0 Å². The number of halogens is 1. The Balaban J connectivity index is 1.57. The predicted molar refractivity (Wildman–Crippen MR) is 125 cm³/mol. The van der Waals surface area contributed by atoms with Crippen LogP contribution in [0.25, 0.3) is 33.6 Å². The predicted octanol–water partition coefficient (Wildman–Crippen LogP) is 7.27. The van der Waals surface area contributed by atoms with Gasteiger partial charge in [0, 0.05) is 11.1 Å². The molecule has 0 amide bonds. The molecule has 0 bridgehead atoms. The second-order valence-corrected chi connectivity index (χ2v) is 7.63. The Hall–Kier alpha value is -4.07. The van der Waals surface area contributed by atoms with Crippen molar-refractivity contribution >= 4 is 22.7 Å². The molecule has 0 N–H and O–H groups in total. The number of ether oxygens (including phenoxy) is 1. The minimum atomic E-state index is 0.313. The fourth-order valence-electron chi connectivity index (χ4n) is 3.63. The van der Waals surface area contributed by atoms with Crippen molar-refractivity contribution < 1.29 is 9.15 Å². The smallest absolute Gasteiger partial charge is 0.228 e. The lowest BCUT2D eigenvalue weighted by atomic mass is 9.98. The first-order chi connectivity index (χ1) is 15.7. The van der Waals surface area contributed by atoms with Crippen LogP contribution in [0.4, 0.5) is 0 Å². The highest BCUT2D eigenvalue weighted by Gasteiger charge is 2.22. The molecule has 154 valence electrons. The molecule has 0 fully saturated rings. The van der Waals surface area contributed by atoms with Crippen LogP contribution >= 0.6 is 11.6 Å². The summed E-state index contributed by atoms with van der Waals surface area (Å²) in [6.45, 7) is 0.497. The number of pyridine rings is 1. The Morgan fingerprint density at radius 2 is 1.56 bits per heavy atom. The van der Waals surface area contributed by atoms with Gasteiger partial charge in [0.05, 0.1) is 22.2 Å². The van der Waals surface area contributed by atoms with Crippen molar-refractivity contribution in [1.82, 2.24) is 4.98 Å². The first-order valence-electron chi connectivity index (χ1n) is 10.1. The van der Waals surface area contributed by atoms with Crippen LogP contribution in [0.5, 0.6) is 5.75 Å². The standard InChI is InChI=1S/C27H17ClN2O2/c28-25-21(15-29)16-30-27-24(25)23(19-9-5-2-6-10-19)26(32-27)20-11-13-22(14-12-20)31-17-18-7-3-1-4-8-18/h1-14,16H,17H2. The van der Waals surface area contributed by atoms with E-state index in [1.54, 1.807) is 0 Å². The average molecular weight is 437 g/mol.